The van der Waals surface area contributed by atoms with Gasteiger partial charge in [-0.15, -0.1) is 0 Å². The summed E-state index contributed by atoms with van der Waals surface area (Å²) in [4.78, 5) is 0. The van der Waals surface area contributed by atoms with Gasteiger partial charge in [0.05, 0.1) is 12.1 Å². The van der Waals surface area contributed by atoms with Crippen LogP contribution in [0, 0.1) is 5.92 Å². The van der Waals surface area contributed by atoms with Crippen LogP contribution < -0.4 is 24.3 Å². The molecule has 0 spiro atoms. The van der Waals surface area contributed by atoms with Crippen molar-refractivity contribution in [2.75, 3.05) is 20.1 Å². The zero-order valence-electron chi connectivity index (χ0n) is 14.9. The van der Waals surface area contributed by atoms with Crippen LogP contribution in [0.1, 0.15) is 37.1 Å². The molecule has 2 aliphatic rings. The third-order valence-corrected chi connectivity index (χ3v) is 4.56. The molecule has 6 nitrogen and oxygen atoms in total. The van der Waals surface area contributed by atoms with E-state index in [4.69, 9.17) is 18.9 Å². The molecule has 0 radical (unpaired) electrons. The topological polar surface area (TPSA) is 69.2 Å². The Labute approximate surface area is 152 Å². The van der Waals surface area contributed by atoms with E-state index in [9.17, 15) is 5.11 Å². The lowest BCUT2D eigenvalue weighted by atomic mass is 9.94. The molecule has 26 heavy (non-hydrogen) atoms. The maximum atomic E-state index is 11.1. The van der Waals surface area contributed by atoms with Gasteiger partial charge in [0, 0.05) is 0 Å². The fourth-order valence-electron chi connectivity index (χ4n) is 3.17. The zero-order valence-corrected chi connectivity index (χ0v) is 14.9. The molecule has 0 fully saturated rings. The van der Waals surface area contributed by atoms with Gasteiger partial charge in [-0.2, -0.15) is 0 Å². The van der Waals surface area contributed by atoms with E-state index in [1.54, 1.807) is 0 Å². The lowest BCUT2D eigenvalue weighted by molar-refractivity contribution is 0.126. The Kier molecular flexibility index (Phi) is 4.61. The Hall–Kier alpha value is -2.44. The molecule has 0 amide bonds. The summed E-state index contributed by atoms with van der Waals surface area (Å²) in [6.07, 6.45) is -0.747. The average molecular weight is 357 g/mol. The predicted molar refractivity (Wildman–Crippen MR) is 95.7 cm³/mol. The van der Waals surface area contributed by atoms with Crippen molar-refractivity contribution in [3.63, 3.8) is 0 Å². The summed E-state index contributed by atoms with van der Waals surface area (Å²) >= 11 is 0. The van der Waals surface area contributed by atoms with Crippen molar-refractivity contribution in [3.05, 3.63) is 47.5 Å². The molecule has 0 saturated carbocycles. The van der Waals surface area contributed by atoms with Crippen molar-refractivity contribution in [3.8, 4) is 23.0 Å². The van der Waals surface area contributed by atoms with Gasteiger partial charge in [0.15, 0.2) is 23.0 Å². The number of benzene rings is 2. The highest BCUT2D eigenvalue weighted by molar-refractivity contribution is 5.48. The van der Waals surface area contributed by atoms with Gasteiger partial charge in [-0.25, -0.2) is 0 Å². The number of aliphatic hydroxyl groups is 1. The molecular weight excluding hydrogens is 334 g/mol. The van der Waals surface area contributed by atoms with E-state index in [2.05, 4.69) is 19.2 Å². The van der Waals surface area contributed by atoms with Gasteiger partial charge in [0.2, 0.25) is 13.6 Å². The summed E-state index contributed by atoms with van der Waals surface area (Å²) in [7, 11) is 0. The van der Waals surface area contributed by atoms with Gasteiger partial charge < -0.3 is 29.4 Å². The van der Waals surface area contributed by atoms with Crippen molar-refractivity contribution in [1.29, 1.82) is 0 Å². The van der Waals surface area contributed by atoms with Crippen LogP contribution in [0.3, 0.4) is 0 Å². The third kappa shape index (κ3) is 3.30. The third-order valence-electron chi connectivity index (χ3n) is 4.56. The monoisotopic (exact) mass is 357 g/mol. The Bertz CT molecular complexity index is 792. The average Bonchev–Trinajstić information content (AvgIpc) is 3.29. The minimum absolute atomic E-state index is 0.214. The first-order chi connectivity index (χ1) is 12.6. The lowest BCUT2D eigenvalue weighted by Crippen LogP contribution is -2.30. The van der Waals surface area contributed by atoms with Crippen molar-refractivity contribution in [1.82, 2.24) is 5.32 Å². The number of aliphatic hydroxyl groups excluding tert-OH is 1. The first-order valence-electron chi connectivity index (χ1n) is 8.82. The van der Waals surface area contributed by atoms with Gasteiger partial charge >= 0.3 is 0 Å². The predicted octanol–water partition coefficient (Wildman–Crippen LogP) is 3.16. The highest BCUT2D eigenvalue weighted by atomic mass is 16.7. The molecule has 0 aromatic heterocycles. The van der Waals surface area contributed by atoms with Crippen LogP contribution in [0.5, 0.6) is 23.0 Å². The van der Waals surface area contributed by atoms with E-state index in [0.717, 1.165) is 23.4 Å². The van der Waals surface area contributed by atoms with Crippen molar-refractivity contribution in [2.24, 2.45) is 5.92 Å². The van der Waals surface area contributed by atoms with Crippen molar-refractivity contribution in [2.45, 2.75) is 26.0 Å². The SMILES string of the molecule is CC(C)CN[C@H](c1ccc2c(c1)OCO2)[C@H](O)c1ccc2c(c1)OCO2. The molecule has 2 N–H and O–H groups in total. The van der Waals surface area contributed by atoms with E-state index < -0.39 is 6.10 Å². The van der Waals surface area contributed by atoms with Gasteiger partial charge in [0.25, 0.3) is 0 Å². The number of hydrogen-bond acceptors (Lipinski definition) is 6. The first kappa shape index (κ1) is 17.0. The summed E-state index contributed by atoms with van der Waals surface area (Å²) in [6, 6.07) is 11.0. The summed E-state index contributed by atoms with van der Waals surface area (Å²) < 4.78 is 21.7. The number of rotatable bonds is 6. The van der Waals surface area contributed by atoms with Crippen LogP contribution in [-0.4, -0.2) is 25.2 Å². The molecule has 2 aliphatic heterocycles. The molecule has 138 valence electrons. The smallest absolute Gasteiger partial charge is 0.231 e. The molecule has 0 saturated heterocycles. The van der Waals surface area contributed by atoms with Crippen molar-refractivity contribution < 1.29 is 24.1 Å². The molecule has 0 bridgehead atoms. The molecule has 2 aromatic rings. The first-order valence-corrected chi connectivity index (χ1v) is 8.82. The Morgan fingerprint density at radius 2 is 1.38 bits per heavy atom. The van der Waals surface area contributed by atoms with Gasteiger partial charge in [-0.05, 0) is 47.9 Å². The van der Waals surface area contributed by atoms with E-state index in [1.807, 2.05) is 36.4 Å². The maximum absolute atomic E-state index is 11.1. The van der Waals surface area contributed by atoms with Crippen LogP contribution in [-0.2, 0) is 0 Å². The maximum Gasteiger partial charge on any atom is 0.231 e. The molecular formula is C20H23NO5. The molecule has 6 heteroatoms. The summed E-state index contributed by atoms with van der Waals surface area (Å²) in [5.74, 6) is 3.26. The summed E-state index contributed by atoms with van der Waals surface area (Å²) in [5, 5.41) is 14.6. The van der Waals surface area contributed by atoms with E-state index in [1.165, 1.54) is 0 Å². The van der Waals surface area contributed by atoms with Gasteiger partial charge in [0.1, 0.15) is 0 Å². The van der Waals surface area contributed by atoms with Crippen LogP contribution in [0.15, 0.2) is 36.4 Å². The van der Waals surface area contributed by atoms with E-state index in [-0.39, 0.29) is 19.6 Å². The second kappa shape index (κ2) is 7.05. The Morgan fingerprint density at radius 1 is 0.846 bits per heavy atom. The van der Waals surface area contributed by atoms with Crippen molar-refractivity contribution >= 4 is 0 Å². The molecule has 4 rings (SSSR count). The highest BCUT2D eigenvalue weighted by Crippen LogP contribution is 2.40. The molecule has 0 unspecified atom stereocenters. The van der Waals surface area contributed by atoms with E-state index >= 15 is 0 Å². The summed E-state index contributed by atoms with van der Waals surface area (Å²) in [6.45, 7) is 5.49. The highest BCUT2D eigenvalue weighted by Gasteiger charge is 2.26. The molecule has 0 aliphatic carbocycles. The second-order valence-electron chi connectivity index (χ2n) is 6.95. The Morgan fingerprint density at radius 3 is 2.00 bits per heavy atom. The van der Waals surface area contributed by atoms with Crippen LogP contribution >= 0.6 is 0 Å². The molecule has 2 aromatic carbocycles. The Balaban J connectivity index is 1.64. The van der Waals surface area contributed by atoms with E-state index in [0.29, 0.717) is 23.2 Å². The quantitative estimate of drug-likeness (QED) is 0.828. The number of ether oxygens (including phenoxy) is 4. The van der Waals surface area contributed by atoms with Crippen LogP contribution in [0.25, 0.3) is 0 Å². The number of fused-ring (bicyclic) bond motifs is 2. The fourth-order valence-corrected chi connectivity index (χ4v) is 3.17. The van der Waals surface area contributed by atoms with Gasteiger partial charge in [-0.3, -0.25) is 0 Å². The summed E-state index contributed by atoms with van der Waals surface area (Å²) in [5.41, 5.74) is 1.72. The lowest BCUT2D eigenvalue weighted by Gasteiger charge is -2.26. The largest absolute Gasteiger partial charge is 0.454 e. The minimum Gasteiger partial charge on any atom is -0.454 e. The zero-order chi connectivity index (χ0) is 18.1. The van der Waals surface area contributed by atoms with Gasteiger partial charge in [-0.1, -0.05) is 26.0 Å². The number of hydrogen-bond donors (Lipinski definition) is 2. The fraction of sp³-hybridized carbons (Fsp3) is 0.400. The molecule has 2 atom stereocenters. The standard InChI is InChI=1S/C20H23NO5/c1-12(2)9-21-19(13-3-5-15-17(7-13)25-10-23-15)20(22)14-4-6-16-18(8-14)26-11-24-16/h3-8,12,19-22H,9-11H2,1-2H3/t19-,20-/m1/s1. The van der Waals surface area contributed by atoms with Crippen LogP contribution in [0.2, 0.25) is 0 Å². The van der Waals surface area contributed by atoms with Crippen LogP contribution in [0.4, 0.5) is 0 Å². The molecule has 2 heterocycles. The second-order valence-corrected chi connectivity index (χ2v) is 6.95. The normalized spacial score (nSPS) is 16.8. The minimum atomic E-state index is -0.747. The number of nitrogens with one attached hydrogen (secondary N) is 1.